The second kappa shape index (κ2) is 2.92. The maximum atomic E-state index is 6.00. The number of aryl methyl sites for hydroxylation is 1. The minimum Gasteiger partial charge on any atom is -0.497 e. The van der Waals surface area contributed by atoms with Gasteiger partial charge in [-0.05, 0) is 12.1 Å². The molecular weight excluding hydrogens is 188 g/mol. The van der Waals surface area contributed by atoms with E-state index in [2.05, 4.69) is 5.10 Å². The van der Waals surface area contributed by atoms with Crippen LogP contribution in [0.5, 0.6) is 5.75 Å². The van der Waals surface area contributed by atoms with E-state index in [-0.39, 0.29) is 0 Å². The lowest BCUT2D eigenvalue weighted by Gasteiger charge is -1.96. The number of hydrogen-bond acceptors (Lipinski definition) is 2. The fourth-order valence-electron chi connectivity index (χ4n) is 1.28. The number of nitrogens with zero attached hydrogens (tertiary/aromatic N) is 2. The van der Waals surface area contributed by atoms with Crippen LogP contribution in [0.4, 0.5) is 0 Å². The van der Waals surface area contributed by atoms with Crippen molar-refractivity contribution in [1.82, 2.24) is 9.78 Å². The molecule has 0 bridgehead atoms. The van der Waals surface area contributed by atoms with Gasteiger partial charge in [-0.15, -0.1) is 0 Å². The van der Waals surface area contributed by atoms with Gasteiger partial charge in [-0.25, -0.2) is 0 Å². The van der Waals surface area contributed by atoms with Crippen molar-refractivity contribution >= 4 is 22.5 Å². The van der Waals surface area contributed by atoms with E-state index in [1.807, 2.05) is 25.2 Å². The number of fused-ring (bicyclic) bond motifs is 1. The van der Waals surface area contributed by atoms with Crippen LogP contribution in [-0.4, -0.2) is 16.9 Å². The normalized spacial score (nSPS) is 10.7. The molecule has 0 saturated carbocycles. The SMILES string of the molecule is COc1ccc2c(Cl)n(C)nc2c1. The van der Waals surface area contributed by atoms with Crippen LogP contribution in [0.25, 0.3) is 10.9 Å². The summed E-state index contributed by atoms with van der Waals surface area (Å²) in [6, 6.07) is 5.64. The first-order valence-electron chi connectivity index (χ1n) is 3.88. The van der Waals surface area contributed by atoms with Gasteiger partial charge in [0.2, 0.25) is 0 Å². The summed E-state index contributed by atoms with van der Waals surface area (Å²) in [7, 11) is 3.44. The predicted octanol–water partition coefficient (Wildman–Crippen LogP) is 2.24. The van der Waals surface area contributed by atoms with Crippen molar-refractivity contribution in [1.29, 1.82) is 0 Å². The van der Waals surface area contributed by atoms with Gasteiger partial charge in [0, 0.05) is 18.5 Å². The molecule has 1 aromatic heterocycles. The van der Waals surface area contributed by atoms with Gasteiger partial charge in [0.1, 0.15) is 10.9 Å². The maximum absolute atomic E-state index is 6.00. The first-order chi connectivity index (χ1) is 6.22. The zero-order valence-electron chi connectivity index (χ0n) is 7.41. The summed E-state index contributed by atoms with van der Waals surface area (Å²) in [5.41, 5.74) is 0.854. The molecule has 0 aliphatic rings. The lowest BCUT2D eigenvalue weighted by Crippen LogP contribution is -1.87. The van der Waals surface area contributed by atoms with Crippen LogP contribution >= 0.6 is 11.6 Å². The Morgan fingerprint density at radius 1 is 1.46 bits per heavy atom. The van der Waals surface area contributed by atoms with Crippen LogP contribution in [0.3, 0.4) is 0 Å². The highest BCUT2D eigenvalue weighted by Gasteiger charge is 2.06. The molecule has 0 N–H and O–H groups in total. The van der Waals surface area contributed by atoms with Gasteiger partial charge in [0.25, 0.3) is 0 Å². The number of ether oxygens (including phenoxy) is 1. The van der Waals surface area contributed by atoms with Crippen molar-refractivity contribution in [2.75, 3.05) is 7.11 Å². The van der Waals surface area contributed by atoms with Gasteiger partial charge in [-0.3, -0.25) is 4.68 Å². The van der Waals surface area contributed by atoms with E-state index in [1.54, 1.807) is 11.8 Å². The molecule has 0 radical (unpaired) electrons. The highest BCUT2D eigenvalue weighted by molar-refractivity contribution is 6.34. The molecule has 0 fully saturated rings. The second-order valence-corrected chi connectivity index (χ2v) is 3.16. The fraction of sp³-hybridized carbons (Fsp3) is 0.222. The Morgan fingerprint density at radius 3 is 2.92 bits per heavy atom. The molecule has 0 unspecified atom stereocenters. The molecule has 2 aromatic rings. The number of halogens is 1. The van der Waals surface area contributed by atoms with Crippen LogP contribution in [0, 0.1) is 0 Å². The summed E-state index contributed by atoms with van der Waals surface area (Å²) in [6.45, 7) is 0. The lowest BCUT2D eigenvalue weighted by atomic mass is 10.2. The first kappa shape index (κ1) is 8.38. The van der Waals surface area contributed by atoms with Crippen molar-refractivity contribution in [3.05, 3.63) is 23.4 Å². The molecule has 2 rings (SSSR count). The standard InChI is InChI=1S/C9H9ClN2O/c1-12-9(10)7-4-3-6(13-2)5-8(7)11-12/h3-5H,1-2H3. The minimum absolute atomic E-state index is 0.651. The van der Waals surface area contributed by atoms with Gasteiger partial charge >= 0.3 is 0 Å². The average Bonchev–Trinajstić information content (AvgIpc) is 2.42. The summed E-state index contributed by atoms with van der Waals surface area (Å²) in [5.74, 6) is 0.794. The van der Waals surface area contributed by atoms with Crippen LogP contribution in [0.15, 0.2) is 18.2 Å². The molecule has 3 nitrogen and oxygen atoms in total. The van der Waals surface area contributed by atoms with Crippen molar-refractivity contribution in [2.45, 2.75) is 0 Å². The largest absolute Gasteiger partial charge is 0.497 e. The molecular formula is C9H9ClN2O. The smallest absolute Gasteiger partial charge is 0.134 e. The third-order valence-corrected chi connectivity index (χ3v) is 2.42. The van der Waals surface area contributed by atoms with Gasteiger partial charge in [-0.2, -0.15) is 5.10 Å². The summed E-state index contributed by atoms with van der Waals surface area (Å²) in [4.78, 5) is 0. The summed E-state index contributed by atoms with van der Waals surface area (Å²) >= 11 is 6.00. The number of benzene rings is 1. The topological polar surface area (TPSA) is 27.1 Å². The second-order valence-electron chi connectivity index (χ2n) is 2.80. The van der Waals surface area contributed by atoms with E-state index >= 15 is 0 Å². The predicted molar refractivity (Wildman–Crippen MR) is 52.3 cm³/mol. The van der Waals surface area contributed by atoms with Crippen molar-refractivity contribution in [3.63, 3.8) is 0 Å². The van der Waals surface area contributed by atoms with Crippen LogP contribution in [0.2, 0.25) is 5.15 Å². The van der Waals surface area contributed by atoms with E-state index in [4.69, 9.17) is 16.3 Å². The molecule has 0 spiro atoms. The molecule has 68 valence electrons. The van der Waals surface area contributed by atoms with Crippen LogP contribution in [-0.2, 0) is 7.05 Å². The zero-order valence-corrected chi connectivity index (χ0v) is 8.17. The molecule has 0 amide bonds. The van der Waals surface area contributed by atoms with Gasteiger partial charge < -0.3 is 4.74 Å². The average molecular weight is 197 g/mol. The summed E-state index contributed by atoms with van der Waals surface area (Å²) in [6.07, 6.45) is 0. The highest BCUT2D eigenvalue weighted by atomic mass is 35.5. The molecule has 0 atom stereocenters. The van der Waals surface area contributed by atoms with Crippen molar-refractivity contribution < 1.29 is 4.74 Å². The Labute approximate surface area is 80.9 Å². The molecule has 1 aromatic carbocycles. The minimum atomic E-state index is 0.651. The van der Waals surface area contributed by atoms with E-state index in [1.165, 1.54) is 0 Å². The number of aromatic nitrogens is 2. The van der Waals surface area contributed by atoms with E-state index in [9.17, 15) is 0 Å². The third kappa shape index (κ3) is 1.25. The molecule has 0 aliphatic heterocycles. The fourth-order valence-corrected chi connectivity index (χ4v) is 1.47. The van der Waals surface area contributed by atoms with Gasteiger partial charge in [0.15, 0.2) is 0 Å². The van der Waals surface area contributed by atoms with Crippen LogP contribution < -0.4 is 4.74 Å². The lowest BCUT2D eigenvalue weighted by molar-refractivity contribution is 0.415. The molecule has 0 saturated heterocycles. The summed E-state index contributed by atoms with van der Waals surface area (Å²) in [5, 5.41) is 5.83. The van der Waals surface area contributed by atoms with E-state index in [0.29, 0.717) is 5.15 Å². The van der Waals surface area contributed by atoms with Gasteiger partial charge in [0.05, 0.1) is 12.6 Å². The number of hydrogen-bond donors (Lipinski definition) is 0. The molecule has 1 heterocycles. The molecule has 4 heteroatoms. The Hall–Kier alpha value is -1.22. The number of methoxy groups -OCH3 is 1. The Balaban J connectivity index is 2.73. The number of rotatable bonds is 1. The summed E-state index contributed by atoms with van der Waals surface area (Å²) < 4.78 is 6.72. The van der Waals surface area contributed by atoms with E-state index in [0.717, 1.165) is 16.7 Å². The zero-order chi connectivity index (χ0) is 9.42. The van der Waals surface area contributed by atoms with Crippen molar-refractivity contribution in [2.24, 2.45) is 7.05 Å². The van der Waals surface area contributed by atoms with E-state index < -0.39 is 0 Å². The third-order valence-electron chi connectivity index (χ3n) is 1.97. The first-order valence-corrected chi connectivity index (χ1v) is 4.26. The van der Waals surface area contributed by atoms with Gasteiger partial charge in [-0.1, -0.05) is 11.6 Å². The van der Waals surface area contributed by atoms with Crippen LogP contribution in [0.1, 0.15) is 0 Å². The molecule has 13 heavy (non-hydrogen) atoms. The van der Waals surface area contributed by atoms with Crippen molar-refractivity contribution in [3.8, 4) is 5.75 Å². The monoisotopic (exact) mass is 196 g/mol. The quantitative estimate of drug-likeness (QED) is 0.700. The maximum Gasteiger partial charge on any atom is 0.134 e. The Morgan fingerprint density at radius 2 is 2.23 bits per heavy atom. The Bertz CT molecular complexity index is 450. The molecule has 0 aliphatic carbocycles. The highest BCUT2D eigenvalue weighted by Crippen LogP contribution is 2.25. The Kier molecular flexibility index (Phi) is 1.88.